The third-order valence-corrected chi connectivity index (χ3v) is 5.08. The number of hydrogen-bond donors (Lipinski definition) is 0. The summed E-state index contributed by atoms with van der Waals surface area (Å²) in [6.07, 6.45) is 5.20. The van der Waals surface area contributed by atoms with Crippen molar-refractivity contribution in [2.75, 3.05) is 4.90 Å². The first-order chi connectivity index (χ1) is 9.16. The maximum atomic E-state index is 12.5. The third-order valence-electron chi connectivity index (χ3n) is 4.56. The Balaban J connectivity index is 1.74. The summed E-state index contributed by atoms with van der Waals surface area (Å²) in [5.41, 5.74) is 0.687. The van der Waals surface area contributed by atoms with Crippen LogP contribution in [0.15, 0.2) is 40.9 Å². The number of carbonyl (C=O) groups excluding carboxylic acids is 2. The molecule has 2 amide bonds. The summed E-state index contributed by atoms with van der Waals surface area (Å²) in [6.45, 7) is 0. The lowest BCUT2D eigenvalue weighted by molar-refractivity contribution is -0.123. The zero-order chi connectivity index (χ0) is 13.1. The molecule has 1 saturated heterocycles. The fourth-order valence-corrected chi connectivity index (χ4v) is 4.01. The highest BCUT2D eigenvalue weighted by Gasteiger charge is 2.59. The number of halogens is 1. The Morgan fingerprint density at radius 2 is 1.47 bits per heavy atom. The first-order valence-corrected chi connectivity index (χ1v) is 7.28. The summed E-state index contributed by atoms with van der Waals surface area (Å²) in [4.78, 5) is 26.4. The van der Waals surface area contributed by atoms with Crippen LogP contribution in [-0.4, -0.2) is 11.8 Å². The van der Waals surface area contributed by atoms with Crippen LogP contribution in [0.2, 0.25) is 0 Å². The summed E-state index contributed by atoms with van der Waals surface area (Å²) < 4.78 is 0.942. The van der Waals surface area contributed by atoms with E-state index in [0.29, 0.717) is 5.69 Å². The summed E-state index contributed by atoms with van der Waals surface area (Å²) in [5, 5.41) is 0. The predicted molar refractivity (Wildman–Crippen MR) is 74.4 cm³/mol. The van der Waals surface area contributed by atoms with Crippen LogP contribution in [-0.2, 0) is 9.59 Å². The van der Waals surface area contributed by atoms with Gasteiger partial charge in [0.15, 0.2) is 0 Å². The van der Waals surface area contributed by atoms with Crippen LogP contribution < -0.4 is 4.90 Å². The van der Waals surface area contributed by atoms with Crippen molar-refractivity contribution < 1.29 is 9.59 Å². The van der Waals surface area contributed by atoms with Gasteiger partial charge in [-0.15, -0.1) is 0 Å². The molecule has 0 N–H and O–H groups in total. The van der Waals surface area contributed by atoms with E-state index in [1.54, 1.807) is 0 Å². The van der Waals surface area contributed by atoms with Crippen molar-refractivity contribution in [1.29, 1.82) is 0 Å². The molecule has 1 aromatic rings. The second-order valence-corrected chi connectivity index (χ2v) is 6.40. The number of benzene rings is 1. The lowest BCUT2D eigenvalue weighted by Gasteiger charge is -2.17. The minimum Gasteiger partial charge on any atom is -0.274 e. The molecule has 4 rings (SSSR count). The highest BCUT2D eigenvalue weighted by molar-refractivity contribution is 9.10. The topological polar surface area (TPSA) is 37.4 Å². The largest absolute Gasteiger partial charge is 0.274 e. The van der Waals surface area contributed by atoms with Gasteiger partial charge in [0.25, 0.3) is 0 Å². The van der Waals surface area contributed by atoms with Gasteiger partial charge >= 0.3 is 0 Å². The van der Waals surface area contributed by atoms with Crippen LogP contribution in [0.25, 0.3) is 0 Å². The van der Waals surface area contributed by atoms with Crippen LogP contribution >= 0.6 is 15.9 Å². The average Bonchev–Trinajstić information content (AvgIpc) is 3.06. The molecule has 2 fully saturated rings. The van der Waals surface area contributed by atoms with Gasteiger partial charge in [0.05, 0.1) is 17.5 Å². The molecule has 1 aliphatic heterocycles. The number of carbonyl (C=O) groups is 2. The van der Waals surface area contributed by atoms with Gasteiger partial charge in [0.1, 0.15) is 0 Å². The first-order valence-electron chi connectivity index (χ1n) is 6.48. The lowest BCUT2D eigenvalue weighted by atomic mass is 9.85. The van der Waals surface area contributed by atoms with E-state index in [1.807, 2.05) is 24.3 Å². The van der Waals surface area contributed by atoms with Gasteiger partial charge in [-0.2, -0.15) is 0 Å². The van der Waals surface area contributed by atoms with Crippen molar-refractivity contribution in [3.8, 4) is 0 Å². The monoisotopic (exact) mass is 317 g/mol. The smallest absolute Gasteiger partial charge is 0.238 e. The van der Waals surface area contributed by atoms with E-state index in [0.717, 1.165) is 10.9 Å². The van der Waals surface area contributed by atoms with Gasteiger partial charge in [-0.3, -0.25) is 14.5 Å². The highest BCUT2D eigenvalue weighted by Crippen LogP contribution is 2.53. The van der Waals surface area contributed by atoms with Crippen LogP contribution in [0.5, 0.6) is 0 Å². The number of hydrogen-bond acceptors (Lipinski definition) is 2. The van der Waals surface area contributed by atoms with E-state index in [-0.39, 0.29) is 35.5 Å². The fourth-order valence-electron chi connectivity index (χ4n) is 3.75. The normalized spacial score (nSPS) is 35.3. The zero-order valence-electron chi connectivity index (χ0n) is 10.1. The van der Waals surface area contributed by atoms with E-state index in [1.165, 1.54) is 4.90 Å². The molecule has 1 aromatic carbocycles. The van der Waals surface area contributed by atoms with E-state index >= 15 is 0 Å². The maximum absolute atomic E-state index is 12.5. The van der Waals surface area contributed by atoms with E-state index in [4.69, 9.17) is 0 Å². The van der Waals surface area contributed by atoms with Crippen LogP contribution in [0.4, 0.5) is 5.69 Å². The molecule has 4 heteroatoms. The van der Waals surface area contributed by atoms with Gasteiger partial charge in [0.2, 0.25) is 11.8 Å². The maximum Gasteiger partial charge on any atom is 0.238 e. The van der Waals surface area contributed by atoms with Crippen molar-refractivity contribution in [2.24, 2.45) is 23.7 Å². The van der Waals surface area contributed by atoms with Gasteiger partial charge in [0, 0.05) is 4.47 Å². The van der Waals surface area contributed by atoms with Crippen molar-refractivity contribution in [2.45, 2.75) is 6.42 Å². The predicted octanol–water partition coefficient (Wildman–Crippen LogP) is 2.76. The molecule has 3 aliphatic rings. The number of anilines is 1. The summed E-state index contributed by atoms with van der Waals surface area (Å²) in [7, 11) is 0. The van der Waals surface area contributed by atoms with E-state index in [9.17, 15) is 9.59 Å². The Kier molecular flexibility index (Phi) is 2.28. The Labute approximate surface area is 119 Å². The quantitative estimate of drug-likeness (QED) is 0.590. The number of amides is 2. The molecule has 1 heterocycles. The van der Waals surface area contributed by atoms with Crippen LogP contribution in [0, 0.1) is 23.7 Å². The summed E-state index contributed by atoms with van der Waals surface area (Å²) in [6, 6.07) is 7.35. The van der Waals surface area contributed by atoms with Crippen molar-refractivity contribution in [1.82, 2.24) is 0 Å². The highest BCUT2D eigenvalue weighted by atomic mass is 79.9. The lowest BCUT2D eigenvalue weighted by Crippen LogP contribution is -2.32. The summed E-state index contributed by atoms with van der Waals surface area (Å²) in [5.74, 6) is 0.263. The molecule has 2 bridgehead atoms. The molecular weight excluding hydrogens is 306 g/mol. The molecule has 1 saturated carbocycles. The minimum absolute atomic E-state index is 0.0193. The van der Waals surface area contributed by atoms with Gasteiger partial charge < -0.3 is 0 Å². The fraction of sp³-hybridized carbons (Fsp3) is 0.333. The number of fused-ring (bicyclic) bond motifs is 5. The molecule has 2 aliphatic carbocycles. The van der Waals surface area contributed by atoms with Crippen molar-refractivity contribution in [3.05, 3.63) is 40.9 Å². The molecule has 4 atom stereocenters. The molecule has 19 heavy (non-hydrogen) atoms. The van der Waals surface area contributed by atoms with Crippen molar-refractivity contribution >= 4 is 33.4 Å². The molecule has 0 radical (unpaired) electrons. The van der Waals surface area contributed by atoms with Crippen molar-refractivity contribution in [3.63, 3.8) is 0 Å². The molecule has 0 spiro atoms. The molecule has 0 unspecified atom stereocenters. The molecular formula is C15H12BrNO2. The molecule has 0 aromatic heterocycles. The first kappa shape index (κ1) is 11.4. The van der Waals surface area contributed by atoms with E-state index in [2.05, 4.69) is 28.1 Å². The Bertz CT molecular complexity index is 577. The average molecular weight is 318 g/mol. The Morgan fingerprint density at radius 1 is 0.947 bits per heavy atom. The molecule has 3 nitrogen and oxygen atoms in total. The number of imide groups is 1. The summed E-state index contributed by atoms with van der Waals surface area (Å²) >= 11 is 3.36. The SMILES string of the molecule is O=C1[C@@H]2[C@H](C(=O)N1c1ccc(Br)cc1)[C@H]1C=C[C@@H]2C1. The minimum atomic E-state index is -0.119. The number of nitrogens with zero attached hydrogens (tertiary/aromatic N) is 1. The molecule has 96 valence electrons. The zero-order valence-corrected chi connectivity index (χ0v) is 11.7. The Hall–Kier alpha value is -1.42. The second kappa shape index (κ2) is 3.79. The van der Waals surface area contributed by atoms with Gasteiger partial charge in [-0.25, -0.2) is 0 Å². The van der Waals surface area contributed by atoms with E-state index < -0.39 is 0 Å². The second-order valence-electron chi connectivity index (χ2n) is 5.49. The third kappa shape index (κ3) is 1.43. The van der Waals surface area contributed by atoms with Gasteiger partial charge in [-0.1, -0.05) is 28.1 Å². The van der Waals surface area contributed by atoms with Crippen LogP contribution in [0.3, 0.4) is 0 Å². The van der Waals surface area contributed by atoms with Gasteiger partial charge in [-0.05, 0) is 42.5 Å². The standard InChI is InChI=1S/C15H12BrNO2/c16-10-3-5-11(6-4-10)17-14(18)12-8-1-2-9(7-8)13(12)15(17)19/h1-6,8-9,12-13H,7H2/t8-,9+,12+,13-. The number of allylic oxidation sites excluding steroid dienone is 2. The van der Waals surface area contributed by atoms with Crippen LogP contribution in [0.1, 0.15) is 6.42 Å². The Morgan fingerprint density at radius 3 is 2.00 bits per heavy atom. The number of rotatable bonds is 1.